The Morgan fingerprint density at radius 1 is 0.906 bits per heavy atom. The van der Waals surface area contributed by atoms with E-state index in [1.807, 2.05) is 32.0 Å². The van der Waals surface area contributed by atoms with Crippen LogP contribution < -0.4 is 20.1 Å². The standard InChI is InChI=1S/C24H26N2O5S/c1-16-10-11-18(14-17(16)2)26-22(27)15-25-20-12-13-21(30-3)23(31-4)24(20)32(28,29)19-8-6-5-7-9-19/h5-14,25H,15H2,1-4H3,(H,26,27). The number of ether oxygens (including phenoxy) is 2. The number of anilines is 2. The maximum Gasteiger partial charge on any atom is 0.243 e. The number of nitrogens with one attached hydrogen (secondary N) is 2. The van der Waals surface area contributed by atoms with Crippen molar-refractivity contribution in [2.45, 2.75) is 23.6 Å². The van der Waals surface area contributed by atoms with Gasteiger partial charge in [-0.15, -0.1) is 0 Å². The van der Waals surface area contributed by atoms with Gasteiger partial charge in [-0.1, -0.05) is 24.3 Å². The Labute approximate surface area is 188 Å². The number of aryl methyl sites for hydroxylation is 2. The molecule has 168 valence electrons. The van der Waals surface area contributed by atoms with Crippen molar-refractivity contribution in [1.82, 2.24) is 0 Å². The summed E-state index contributed by atoms with van der Waals surface area (Å²) in [6, 6.07) is 16.8. The van der Waals surface area contributed by atoms with Gasteiger partial charge in [-0.2, -0.15) is 0 Å². The van der Waals surface area contributed by atoms with E-state index in [1.54, 1.807) is 30.3 Å². The summed E-state index contributed by atoms with van der Waals surface area (Å²) < 4.78 is 37.6. The minimum absolute atomic E-state index is 0.0657. The maximum absolute atomic E-state index is 13.4. The average Bonchev–Trinajstić information content (AvgIpc) is 2.79. The first-order chi connectivity index (χ1) is 15.3. The summed E-state index contributed by atoms with van der Waals surface area (Å²) in [6.45, 7) is 3.82. The van der Waals surface area contributed by atoms with Crippen molar-refractivity contribution in [1.29, 1.82) is 0 Å². The van der Waals surface area contributed by atoms with E-state index < -0.39 is 9.84 Å². The second-order valence-electron chi connectivity index (χ2n) is 7.20. The average molecular weight is 455 g/mol. The largest absolute Gasteiger partial charge is 0.493 e. The van der Waals surface area contributed by atoms with Gasteiger partial charge in [0, 0.05) is 5.69 Å². The molecule has 0 atom stereocenters. The normalized spacial score (nSPS) is 11.0. The lowest BCUT2D eigenvalue weighted by molar-refractivity contribution is -0.114. The molecule has 3 rings (SSSR count). The molecule has 8 heteroatoms. The third-order valence-electron chi connectivity index (χ3n) is 5.05. The molecule has 0 aliphatic rings. The molecule has 0 heterocycles. The molecule has 0 unspecified atom stereocenters. The number of carbonyl (C=O) groups excluding carboxylic acids is 1. The molecular weight excluding hydrogens is 428 g/mol. The highest BCUT2D eigenvalue weighted by Gasteiger charge is 2.29. The molecule has 0 saturated heterocycles. The van der Waals surface area contributed by atoms with Gasteiger partial charge in [-0.05, 0) is 61.4 Å². The van der Waals surface area contributed by atoms with E-state index in [0.29, 0.717) is 5.69 Å². The fraction of sp³-hybridized carbons (Fsp3) is 0.208. The monoisotopic (exact) mass is 454 g/mol. The van der Waals surface area contributed by atoms with Crippen molar-refractivity contribution < 1.29 is 22.7 Å². The van der Waals surface area contributed by atoms with Crippen molar-refractivity contribution in [3.05, 3.63) is 71.8 Å². The first-order valence-electron chi connectivity index (χ1n) is 9.94. The highest BCUT2D eigenvalue weighted by atomic mass is 32.2. The summed E-state index contributed by atoms with van der Waals surface area (Å²) in [5.74, 6) is 0.0224. The Morgan fingerprint density at radius 2 is 1.62 bits per heavy atom. The number of benzene rings is 3. The summed E-state index contributed by atoms with van der Waals surface area (Å²) in [7, 11) is -1.16. The van der Waals surface area contributed by atoms with Gasteiger partial charge in [0.1, 0.15) is 4.90 Å². The van der Waals surface area contributed by atoms with Crippen LogP contribution in [0.4, 0.5) is 11.4 Å². The summed E-state index contributed by atoms with van der Waals surface area (Å²) >= 11 is 0. The molecule has 0 fully saturated rings. The lowest BCUT2D eigenvalue weighted by Gasteiger charge is -2.18. The molecule has 3 aromatic rings. The molecule has 0 aromatic heterocycles. The molecule has 1 amide bonds. The maximum atomic E-state index is 13.4. The first kappa shape index (κ1) is 23.1. The number of rotatable bonds is 8. The Kier molecular flexibility index (Phi) is 7.05. The van der Waals surface area contributed by atoms with Crippen LogP contribution in [0.2, 0.25) is 0 Å². The highest BCUT2D eigenvalue weighted by Crippen LogP contribution is 2.42. The molecule has 32 heavy (non-hydrogen) atoms. The van der Waals surface area contributed by atoms with Gasteiger partial charge in [-0.25, -0.2) is 8.42 Å². The Hall–Kier alpha value is -3.52. The molecule has 0 spiro atoms. The van der Waals surface area contributed by atoms with Crippen LogP contribution in [0.25, 0.3) is 0 Å². The van der Waals surface area contributed by atoms with Gasteiger partial charge < -0.3 is 20.1 Å². The van der Waals surface area contributed by atoms with Crippen LogP contribution in [0.1, 0.15) is 11.1 Å². The zero-order chi connectivity index (χ0) is 23.3. The van der Waals surface area contributed by atoms with Crippen molar-refractivity contribution in [2.75, 3.05) is 31.4 Å². The predicted octanol–water partition coefficient (Wildman–Crippen LogP) is 4.20. The van der Waals surface area contributed by atoms with Crippen molar-refractivity contribution in [3.63, 3.8) is 0 Å². The smallest absolute Gasteiger partial charge is 0.243 e. The highest BCUT2D eigenvalue weighted by molar-refractivity contribution is 7.91. The fourth-order valence-corrected chi connectivity index (χ4v) is 4.83. The van der Waals surface area contributed by atoms with Crippen LogP contribution in [-0.4, -0.2) is 35.1 Å². The SMILES string of the molecule is COc1ccc(NCC(=O)Nc2ccc(C)c(C)c2)c(S(=O)(=O)c2ccccc2)c1OC. The number of sulfone groups is 1. The van der Waals surface area contributed by atoms with E-state index in [2.05, 4.69) is 10.6 Å². The third-order valence-corrected chi connectivity index (χ3v) is 6.89. The van der Waals surface area contributed by atoms with Crippen LogP contribution in [-0.2, 0) is 14.6 Å². The molecule has 0 saturated carbocycles. The van der Waals surface area contributed by atoms with Crippen LogP contribution in [0, 0.1) is 13.8 Å². The van der Waals surface area contributed by atoms with E-state index >= 15 is 0 Å². The minimum Gasteiger partial charge on any atom is -0.493 e. The lowest BCUT2D eigenvalue weighted by atomic mass is 10.1. The van der Waals surface area contributed by atoms with Crippen LogP contribution in [0.15, 0.2) is 70.5 Å². The minimum atomic E-state index is -3.96. The van der Waals surface area contributed by atoms with Crippen molar-refractivity contribution in [3.8, 4) is 11.5 Å². The second-order valence-corrected chi connectivity index (χ2v) is 9.08. The van der Waals surface area contributed by atoms with E-state index in [4.69, 9.17) is 9.47 Å². The predicted molar refractivity (Wildman–Crippen MR) is 124 cm³/mol. The van der Waals surface area contributed by atoms with E-state index in [0.717, 1.165) is 11.1 Å². The van der Waals surface area contributed by atoms with Crippen LogP contribution in [0.5, 0.6) is 11.5 Å². The van der Waals surface area contributed by atoms with Gasteiger partial charge in [0.05, 0.1) is 31.3 Å². The van der Waals surface area contributed by atoms with Crippen LogP contribution in [0.3, 0.4) is 0 Å². The second kappa shape index (κ2) is 9.74. The molecule has 0 aliphatic heterocycles. The van der Waals surface area contributed by atoms with Crippen molar-refractivity contribution in [2.24, 2.45) is 0 Å². The summed E-state index contributed by atoms with van der Waals surface area (Å²) in [5.41, 5.74) is 3.10. The molecule has 7 nitrogen and oxygen atoms in total. The number of hydrogen-bond donors (Lipinski definition) is 2. The third kappa shape index (κ3) is 4.86. The lowest BCUT2D eigenvalue weighted by Crippen LogP contribution is -2.23. The zero-order valence-electron chi connectivity index (χ0n) is 18.4. The van der Waals surface area contributed by atoms with E-state index in [-0.39, 0.29) is 39.4 Å². The summed E-state index contributed by atoms with van der Waals surface area (Å²) in [4.78, 5) is 12.5. The zero-order valence-corrected chi connectivity index (χ0v) is 19.2. The van der Waals surface area contributed by atoms with Gasteiger partial charge in [0.2, 0.25) is 15.7 Å². The number of hydrogen-bond acceptors (Lipinski definition) is 6. The van der Waals surface area contributed by atoms with E-state index in [9.17, 15) is 13.2 Å². The molecule has 3 aromatic carbocycles. The Bertz CT molecular complexity index is 1220. The van der Waals surface area contributed by atoms with Crippen LogP contribution >= 0.6 is 0 Å². The molecule has 2 N–H and O–H groups in total. The summed E-state index contributed by atoms with van der Waals surface area (Å²) in [5, 5.41) is 5.75. The van der Waals surface area contributed by atoms with Crippen molar-refractivity contribution >= 4 is 27.1 Å². The number of amides is 1. The molecule has 0 radical (unpaired) electrons. The molecular formula is C24H26N2O5S. The number of carbonyl (C=O) groups is 1. The fourth-order valence-electron chi connectivity index (χ4n) is 3.22. The molecule has 0 aliphatic carbocycles. The quantitative estimate of drug-likeness (QED) is 0.530. The topological polar surface area (TPSA) is 93.7 Å². The Balaban J connectivity index is 1.92. The van der Waals surface area contributed by atoms with Gasteiger partial charge in [-0.3, -0.25) is 4.79 Å². The van der Waals surface area contributed by atoms with Gasteiger partial charge in [0.25, 0.3) is 0 Å². The van der Waals surface area contributed by atoms with Gasteiger partial charge >= 0.3 is 0 Å². The van der Waals surface area contributed by atoms with E-state index in [1.165, 1.54) is 26.4 Å². The number of methoxy groups -OCH3 is 2. The molecule has 0 bridgehead atoms. The van der Waals surface area contributed by atoms with Gasteiger partial charge in [0.15, 0.2) is 11.5 Å². The summed E-state index contributed by atoms with van der Waals surface area (Å²) in [6.07, 6.45) is 0. The first-order valence-corrected chi connectivity index (χ1v) is 11.4. The Morgan fingerprint density at radius 3 is 2.25 bits per heavy atom.